The van der Waals surface area contributed by atoms with Crippen molar-refractivity contribution in [3.8, 4) is 0 Å². The monoisotopic (exact) mass is 571 g/mol. The van der Waals surface area contributed by atoms with Crippen LogP contribution >= 0.6 is 46.6 Å². The van der Waals surface area contributed by atoms with E-state index in [1.807, 2.05) is 0 Å². The smallest absolute Gasteiger partial charge is 0.408 e. The summed E-state index contributed by atoms with van der Waals surface area (Å²) in [6.07, 6.45) is -2.14. The Morgan fingerprint density at radius 3 is 2.43 bits per heavy atom. The van der Waals surface area contributed by atoms with Crippen molar-refractivity contribution in [3.05, 3.63) is 29.0 Å². The number of benzene rings is 1. The van der Waals surface area contributed by atoms with Crippen molar-refractivity contribution in [1.29, 1.82) is 0 Å². The summed E-state index contributed by atoms with van der Waals surface area (Å²) >= 11 is 18.2. The van der Waals surface area contributed by atoms with Crippen molar-refractivity contribution in [3.63, 3.8) is 0 Å². The molecule has 8 nitrogen and oxygen atoms in total. The zero-order valence-electron chi connectivity index (χ0n) is 19.1. The highest BCUT2D eigenvalue weighted by molar-refractivity contribution is 7.99. The van der Waals surface area contributed by atoms with Crippen LogP contribution < -0.4 is 5.32 Å². The second-order valence-corrected chi connectivity index (χ2v) is 11.2. The molecular weight excluding hydrogens is 548 g/mol. The summed E-state index contributed by atoms with van der Waals surface area (Å²) < 4.78 is 28.9. The molecule has 0 saturated heterocycles. The largest absolute Gasteiger partial charge is 0.449 e. The van der Waals surface area contributed by atoms with Crippen LogP contribution in [0.15, 0.2) is 23.1 Å². The number of hydrogen-bond acceptors (Lipinski definition) is 8. The Morgan fingerprint density at radius 1 is 1.20 bits per heavy atom. The van der Waals surface area contributed by atoms with Gasteiger partial charge in [-0.2, -0.15) is 0 Å². The molecule has 194 valence electrons. The van der Waals surface area contributed by atoms with Gasteiger partial charge in [-0.25, -0.2) is 14.0 Å². The molecule has 1 amide bonds. The highest BCUT2D eigenvalue weighted by Gasteiger charge is 2.80. The number of fused-ring (bicyclic) bond motifs is 1. The highest BCUT2D eigenvalue weighted by atomic mass is 35.5. The SMILES string of the molecule is CC(C)(C)OC(=O)N[C@]1(C(=O)OCCl)[C@@H]2[C@@H](C(=O)OCCl)[C@@H]2[C@H](O)[C@H]1CSc1ccc(F)c(Cl)c1. The number of aliphatic hydroxyl groups is 1. The molecule has 35 heavy (non-hydrogen) atoms. The number of halogens is 4. The molecule has 1 aromatic carbocycles. The van der Waals surface area contributed by atoms with Crippen LogP contribution in [0.25, 0.3) is 0 Å². The molecule has 0 aliphatic heterocycles. The van der Waals surface area contributed by atoms with Crippen LogP contribution in [0, 0.1) is 29.5 Å². The Balaban J connectivity index is 1.98. The summed E-state index contributed by atoms with van der Waals surface area (Å²) in [6, 6.07) is 3.17. The first kappa shape index (κ1) is 28.1. The van der Waals surface area contributed by atoms with Gasteiger partial charge in [-0.05, 0) is 39.0 Å². The number of carbonyl (C=O) groups is 3. The first-order valence-corrected chi connectivity index (χ1v) is 13.0. The molecule has 0 heterocycles. The third-order valence-electron chi connectivity index (χ3n) is 6.01. The molecule has 2 fully saturated rings. The van der Waals surface area contributed by atoms with E-state index in [2.05, 4.69) is 5.32 Å². The molecule has 0 bridgehead atoms. The molecular formula is C22H25Cl3FNO7S. The van der Waals surface area contributed by atoms with Crippen LogP contribution in [0.5, 0.6) is 0 Å². The van der Waals surface area contributed by atoms with Gasteiger partial charge in [-0.1, -0.05) is 34.8 Å². The van der Waals surface area contributed by atoms with Crippen LogP contribution in [-0.2, 0) is 23.8 Å². The number of amides is 1. The lowest BCUT2D eigenvalue weighted by molar-refractivity contribution is -0.155. The minimum atomic E-state index is -1.85. The number of thioether (sulfide) groups is 1. The minimum Gasteiger partial charge on any atom is -0.449 e. The topological polar surface area (TPSA) is 111 Å². The van der Waals surface area contributed by atoms with E-state index in [-0.39, 0.29) is 10.8 Å². The van der Waals surface area contributed by atoms with Gasteiger partial charge >= 0.3 is 18.0 Å². The first-order chi connectivity index (χ1) is 16.4. The molecule has 6 atom stereocenters. The van der Waals surface area contributed by atoms with Crippen LogP contribution in [-0.4, -0.2) is 58.3 Å². The fourth-order valence-electron chi connectivity index (χ4n) is 4.72. The van der Waals surface area contributed by atoms with Gasteiger partial charge in [0.25, 0.3) is 0 Å². The average Bonchev–Trinajstić information content (AvgIpc) is 3.45. The van der Waals surface area contributed by atoms with E-state index in [0.29, 0.717) is 4.90 Å². The maximum absolute atomic E-state index is 13.6. The fourth-order valence-corrected chi connectivity index (χ4v) is 6.37. The van der Waals surface area contributed by atoms with E-state index in [1.165, 1.54) is 30.0 Å². The van der Waals surface area contributed by atoms with E-state index in [1.54, 1.807) is 20.8 Å². The van der Waals surface area contributed by atoms with Gasteiger partial charge in [0.1, 0.15) is 11.4 Å². The average molecular weight is 573 g/mol. The van der Waals surface area contributed by atoms with Gasteiger partial charge in [0.15, 0.2) is 17.7 Å². The molecule has 2 saturated carbocycles. The zero-order valence-corrected chi connectivity index (χ0v) is 22.1. The maximum atomic E-state index is 13.6. The number of alkyl carbamates (subject to hydrolysis) is 1. The summed E-state index contributed by atoms with van der Waals surface area (Å²) in [5.41, 5.74) is -2.75. The highest BCUT2D eigenvalue weighted by Crippen LogP contribution is 2.65. The lowest BCUT2D eigenvalue weighted by Crippen LogP contribution is -2.63. The Bertz CT molecular complexity index is 994. The molecule has 0 unspecified atom stereocenters. The maximum Gasteiger partial charge on any atom is 0.408 e. The number of aliphatic hydroxyl groups excluding tert-OH is 1. The number of rotatable bonds is 8. The summed E-state index contributed by atoms with van der Waals surface area (Å²) in [7, 11) is 0. The van der Waals surface area contributed by atoms with E-state index in [0.717, 1.165) is 0 Å². The Morgan fingerprint density at radius 2 is 1.86 bits per heavy atom. The molecule has 2 aliphatic carbocycles. The molecule has 1 aromatic rings. The van der Waals surface area contributed by atoms with Crippen molar-refractivity contribution in [2.45, 2.75) is 42.9 Å². The lowest BCUT2D eigenvalue weighted by atomic mass is 9.80. The van der Waals surface area contributed by atoms with Crippen LogP contribution in [0.1, 0.15) is 20.8 Å². The standard InChI is InChI=1S/C22H25Cl3FNO7S/c1-21(2,3)34-20(31)27-22(19(30)33-9-24)11(7-35-10-4-5-13(26)12(25)6-10)17(28)14-15(16(14)22)18(29)32-8-23/h4-6,11,14-17,28H,7-9H2,1-3H3,(H,27,31)/t11-,14+,15+,16+,17-,22+/m1/s1. The number of carbonyl (C=O) groups excluding carboxylic acids is 3. The third-order valence-corrected chi connectivity index (χ3v) is 7.63. The van der Waals surface area contributed by atoms with Gasteiger partial charge in [0.2, 0.25) is 0 Å². The molecule has 2 N–H and O–H groups in total. The van der Waals surface area contributed by atoms with Crippen LogP contribution in [0.2, 0.25) is 5.02 Å². The van der Waals surface area contributed by atoms with Crippen molar-refractivity contribution < 1.29 is 38.1 Å². The van der Waals surface area contributed by atoms with Gasteiger partial charge in [-0.15, -0.1) is 11.8 Å². The third kappa shape index (κ3) is 5.77. The van der Waals surface area contributed by atoms with Gasteiger partial charge in [-0.3, -0.25) is 4.79 Å². The quantitative estimate of drug-likeness (QED) is 0.207. The summed E-state index contributed by atoms with van der Waals surface area (Å²) in [5.74, 6) is -5.51. The van der Waals surface area contributed by atoms with Crippen molar-refractivity contribution in [2.75, 3.05) is 17.9 Å². The molecule has 0 radical (unpaired) electrons. The molecule has 2 aliphatic rings. The van der Waals surface area contributed by atoms with E-state index >= 15 is 0 Å². The fraction of sp³-hybridized carbons (Fsp3) is 0.591. The van der Waals surface area contributed by atoms with Gasteiger partial charge in [0.05, 0.1) is 17.0 Å². The van der Waals surface area contributed by atoms with Crippen LogP contribution in [0.3, 0.4) is 0 Å². The van der Waals surface area contributed by atoms with Gasteiger partial charge in [0, 0.05) is 28.4 Å². The molecule has 0 aromatic heterocycles. The first-order valence-electron chi connectivity index (χ1n) is 10.6. The summed E-state index contributed by atoms with van der Waals surface area (Å²) in [4.78, 5) is 39.3. The Kier molecular flexibility index (Phi) is 8.74. The minimum absolute atomic E-state index is 0.0839. The number of ether oxygens (including phenoxy) is 3. The van der Waals surface area contributed by atoms with Crippen molar-refractivity contribution in [2.24, 2.45) is 23.7 Å². The molecule has 3 rings (SSSR count). The van der Waals surface area contributed by atoms with Crippen molar-refractivity contribution >= 4 is 64.6 Å². The Labute approximate surface area is 221 Å². The summed E-state index contributed by atoms with van der Waals surface area (Å²) in [6.45, 7) is 4.93. The van der Waals surface area contributed by atoms with Crippen molar-refractivity contribution in [1.82, 2.24) is 5.32 Å². The molecule has 0 spiro atoms. The molecule has 13 heteroatoms. The van der Waals surface area contributed by atoms with E-state index in [9.17, 15) is 23.9 Å². The predicted octanol–water partition coefficient (Wildman–Crippen LogP) is 4.17. The lowest BCUT2D eigenvalue weighted by Gasteiger charge is -2.38. The number of esters is 2. The Hall–Kier alpha value is -1.46. The second kappa shape index (κ2) is 10.9. The van der Waals surface area contributed by atoms with Gasteiger partial charge < -0.3 is 24.6 Å². The normalized spacial score (nSPS) is 29.2. The van der Waals surface area contributed by atoms with Crippen LogP contribution in [0.4, 0.5) is 9.18 Å². The zero-order chi connectivity index (χ0) is 26.1. The number of alkyl halides is 2. The number of nitrogens with one attached hydrogen (secondary N) is 1. The van der Waals surface area contributed by atoms with E-state index < -0.39 is 76.9 Å². The second-order valence-electron chi connectivity index (χ2n) is 9.22. The van der Waals surface area contributed by atoms with E-state index in [4.69, 9.17) is 49.0 Å². The summed E-state index contributed by atoms with van der Waals surface area (Å²) in [5, 5.41) is 13.7. The predicted molar refractivity (Wildman–Crippen MR) is 128 cm³/mol. The number of hydrogen-bond donors (Lipinski definition) is 2.